The predicted octanol–water partition coefficient (Wildman–Crippen LogP) is 2.98. The molecule has 122 valence electrons. The summed E-state index contributed by atoms with van der Waals surface area (Å²) in [7, 11) is 0. The van der Waals surface area contributed by atoms with Crippen molar-refractivity contribution in [1.82, 2.24) is 4.98 Å². The van der Waals surface area contributed by atoms with Crippen LogP contribution < -0.4 is 9.47 Å². The number of carboxylic acids is 1. The van der Waals surface area contributed by atoms with Gasteiger partial charge in [0.25, 0.3) is 0 Å². The van der Waals surface area contributed by atoms with Gasteiger partial charge in [-0.25, -0.2) is 9.78 Å². The van der Waals surface area contributed by atoms with E-state index in [2.05, 4.69) is 30.7 Å². The van der Waals surface area contributed by atoms with Crippen molar-refractivity contribution in [2.75, 3.05) is 13.2 Å². The number of hydrogen-bond acceptors (Lipinski definition) is 4. The van der Waals surface area contributed by atoms with Gasteiger partial charge in [0, 0.05) is 17.2 Å². The second-order valence-electron chi connectivity index (χ2n) is 6.39. The number of rotatable bonds is 1. The van der Waals surface area contributed by atoms with Crippen molar-refractivity contribution < 1.29 is 19.4 Å². The maximum atomic E-state index is 10.8. The molecular weight excluding hydrogens is 306 g/mol. The molecule has 2 aromatic rings. The van der Waals surface area contributed by atoms with Crippen molar-refractivity contribution in [2.24, 2.45) is 5.41 Å². The molecule has 0 atom stereocenters. The van der Waals surface area contributed by atoms with Gasteiger partial charge in [0.1, 0.15) is 5.69 Å². The highest BCUT2D eigenvalue weighted by Crippen LogP contribution is 2.34. The van der Waals surface area contributed by atoms with E-state index in [-0.39, 0.29) is 11.0 Å². The Bertz CT molecular complexity index is 829. The maximum absolute atomic E-state index is 10.8. The molecule has 0 amide bonds. The van der Waals surface area contributed by atoms with Crippen molar-refractivity contribution in [3.05, 3.63) is 53.3 Å². The van der Waals surface area contributed by atoms with Crippen LogP contribution in [0, 0.1) is 17.3 Å². The minimum absolute atomic E-state index is 0.0410. The summed E-state index contributed by atoms with van der Waals surface area (Å²) < 4.78 is 11.6. The molecule has 1 aliphatic rings. The SMILES string of the molecule is CC1(C)COc2ccc(C#Cc3ccc(C(=O)O)cn3)cc2OC1. The van der Waals surface area contributed by atoms with E-state index in [0.29, 0.717) is 24.7 Å². The fourth-order valence-electron chi connectivity index (χ4n) is 2.14. The largest absolute Gasteiger partial charge is 0.489 e. The van der Waals surface area contributed by atoms with Crippen LogP contribution in [0.3, 0.4) is 0 Å². The molecule has 0 aliphatic carbocycles. The maximum Gasteiger partial charge on any atom is 0.337 e. The Morgan fingerprint density at radius 3 is 2.54 bits per heavy atom. The van der Waals surface area contributed by atoms with Gasteiger partial charge in [-0.05, 0) is 36.3 Å². The summed E-state index contributed by atoms with van der Waals surface area (Å²) in [6.07, 6.45) is 1.29. The molecule has 5 heteroatoms. The van der Waals surface area contributed by atoms with Gasteiger partial charge in [-0.3, -0.25) is 0 Å². The van der Waals surface area contributed by atoms with E-state index in [0.717, 1.165) is 11.3 Å². The van der Waals surface area contributed by atoms with Crippen molar-refractivity contribution >= 4 is 5.97 Å². The van der Waals surface area contributed by atoms with Crippen LogP contribution in [0.25, 0.3) is 0 Å². The summed E-state index contributed by atoms with van der Waals surface area (Å²) in [6.45, 7) is 5.36. The molecule has 1 aromatic carbocycles. The molecule has 0 fully saturated rings. The second kappa shape index (κ2) is 6.25. The topological polar surface area (TPSA) is 68.7 Å². The minimum atomic E-state index is -1.01. The lowest BCUT2D eigenvalue weighted by molar-refractivity contribution is 0.0696. The number of nitrogens with zero attached hydrogens (tertiary/aromatic N) is 1. The zero-order valence-corrected chi connectivity index (χ0v) is 13.5. The first-order valence-electron chi connectivity index (χ1n) is 7.54. The van der Waals surface area contributed by atoms with Crippen LogP contribution in [0.2, 0.25) is 0 Å². The molecule has 0 unspecified atom stereocenters. The Balaban J connectivity index is 1.80. The summed E-state index contributed by atoms with van der Waals surface area (Å²) >= 11 is 0. The molecular formula is C19H17NO4. The third-order valence-electron chi connectivity index (χ3n) is 3.53. The monoisotopic (exact) mass is 323 g/mol. The van der Waals surface area contributed by atoms with Gasteiger partial charge in [-0.2, -0.15) is 0 Å². The number of aromatic carboxylic acids is 1. The molecule has 1 aliphatic heterocycles. The zero-order valence-electron chi connectivity index (χ0n) is 13.5. The van der Waals surface area contributed by atoms with Gasteiger partial charge in [0.2, 0.25) is 0 Å². The number of pyridine rings is 1. The van der Waals surface area contributed by atoms with E-state index in [4.69, 9.17) is 14.6 Å². The van der Waals surface area contributed by atoms with Crippen LogP contribution in [-0.2, 0) is 0 Å². The molecule has 2 heterocycles. The van der Waals surface area contributed by atoms with Crippen LogP contribution >= 0.6 is 0 Å². The Labute approximate surface area is 140 Å². The van der Waals surface area contributed by atoms with Gasteiger partial charge < -0.3 is 14.6 Å². The number of carbonyl (C=O) groups is 1. The number of benzene rings is 1. The molecule has 1 aromatic heterocycles. The van der Waals surface area contributed by atoms with Crippen LogP contribution in [0.1, 0.15) is 35.5 Å². The van der Waals surface area contributed by atoms with Crippen LogP contribution in [0.4, 0.5) is 0 Å². The number of hydrogen-bond donors (Lipinski definition) is 1. The summed E-state index contributed by atoms with van der Waals surface area (Å²) in [5.74, 6) is 6.31. The van der Waals surface area contributed by atoms with Crippen molar-refractivity contribution in [3.8, 4) is 23.3 Å². The molecule has 0 saturated carbocycles. The normalized spacial score (nSPS) is 14.9. The molecule has 0 bridgehead atoms. The van der Waals surface area contributed by atoms with E-state index < -0.39 is 5.97 Å². The molecule has 5 nitrogen and oxygen atoms in total. The van der Waals surface area contributed by atoms with E-state index in [1.165, 1.54) is 12.3 Å². The fraction of sp³-hybridized carbons (Fsp3) is 0.263. The Morgan fingerprint density at radius 2 is 1.88 bits per heavy atom. The lowest BCUT2D eigenvalue weighted by Gasteiger charge is -2.19. The van der Waals surface area contributed by atoms with Gasteiger partial charge >= 0.3 is 5.97 Å². The lowest BCUT2D eigenvalue weighted by Crippen LogP contribution is -2.26. The average Bonchev–Trinajstić information content (AvgIpc) is 2.72. The molecule has 3 rings (SSSR count). The first-order chi connectivity index (χ1) is 11.4. The molecule has 24 heavy (non-hydrogen) atoms. The van der Waals surface area contributed by atoms with E-state index in [1.54, 1.807) is 6.07 Å². The Kier molecular flexibility index (Phi) is 4.13. The lowest BCUT2D eigenvalue weighted by atomic mass is 9.97. The van der Waals surface area contributed by atoms with Gasteiger partial charge in [-0.1, -0.05) is 19.8 Å². The number of fused-ring (bicyclic) bond motifs is 1. The van der Waals surface area contributed by atoms with Crippen LogP contribution in [-0.4, -0.2) is 29.3 Å². The van der Waals surface area contributed by atoms with Gasteiger partial charge in [0.05, 0.1) is 18.8 Å². The first kappa shape index (κ1) is 15.9. The molecule has 0 spiro atoms. The predicted molar refractivity (Wildman–Crippen MR) is 88.4 cm³/mol. The zero-order chi connectivity index (χ0) is 17.2. The van der Waals surface area contributed by atoms with Crippen molar-refractivity contribution in [1.29, 1.82) is 0 Å². The fourth-order valence-corrected chi connectivity index (χ4v) is 2.14. The summed E-state index contributed by atoms with van der Waals surface area (Å²) in [6, 6.07) is 8.62. The summed E-state index contributed by atoms with van der Waals surface area (Å²) in [5.41, 5.74) is 1.38. The average molecular weight is 323 g/mol. The van der Waals surface area contributed by atoms with Crippen LogP contribution in [0.5, 0.6) is 11.5 Å². The van der Waals surface area contributed by atoms with Gasteiger partial charge in [-0.15, -0.1) is 0 Å². The highest BCUT2D eigenvalue weighted by atomic mass is 16.5. The molecule has 1 N–H and O–H groups in total. The molecule has 0 saturated heterocycles. The van der Waals surface area contributed by atoms with E-state index >= 15 is 0 Å². The smallest absolute Gasteiger partial charge is 0.337 e. The standard InChI is InChI=1S/C19H17NO4/c1-19(2)11-23-16-8-4-13(9-17(16)24-12-19)3-6-15-7-5-14(10-20-15)18(21)22/h4-5,7-10H,11-12H2,1-2H3,(H,21,22). The van der Waals surface area contributed by atoms with E-state index in [1.807, 2.05) is 18.2 Å². The summed E-state index contributed by atoms with van der Waals surface area (Å²) in [5, 5.41) is 8.85. The van der Waals surface area contributed by atoms with Gasteiger partial charge in [0.15, 0.2) is 11.5 Å². The highest BCUT2D eigenvalue weighted by molar-refractivity contribution is 5.87. The number of carboxylic acid groups (broad SMARTS) is 1. The van der Waals surface area contributed by atoms with Crippen molar-refractivity contribution in [3.63, 3.8) is 0 Å². The van der Waals surface area contributed by atoms with Crippen LogP contribution in [0.15, 0.2) is 36.5 Å². The Morgan fingerprint density at radius 1 is 1.12 bits per heavy atom. The number of ether oxygens (including phenoxy) is 2. The Hall–Kier alpha value is -3.00. The highest BCUT2D eigenvalue weighted by Gasteiger charge is 2.25. The van der Waals surface area contributed by atoms with Crippen molar-refractivity contribution in [2.45, 2.75) is 13.8 Å². The second-order valence-corrected chi connectivity index (χ2v) is 6.39. The quantitative estimate of drug-likeness (QED) is 0.817. The molecule has 0 radical (unpaired) electrons. The minimum Gasteiger partial charge on any atom is -0.489 e. The first-order valence-corrected chi connectivity index (χ1v) is 7.54. The van der Waals surface area contributed by atoms with E-state index in [9.17, 15) is 4.79 Å². The third-order valence-corrected chi connectivity index (χ3v) is 3.53. The summed E-state index contributed by atoms with van der Waals surface area (Å²) in [4.78, 5) is 14.8. The number of aromatic nitrogens is 1. The third kappa shape index (κ3) is 3.66.